The third-order valence-electron chi connectivity index (χ3n) is 5.87. The monoisotopic (exact) mass is 462 g/mol. The zero-order chi connectivity index (χ0) is 23.3. The Bertz CT molecular complexity index is 1280. The van der Waals surface area contributed by atoms with Crippen molar-refractivity contribution in [1.82, 2.24) is 9.62 Å². The lowest BCUT2D eigenvalue weighted by Crippen LogP contribution is -2.37. The second-order valence-corrected chi connectivity index (χ2v) is 9.80. The quantitative estimate of drug-likeness (QED) is 0.608. The summed E-state index contributed by atoms with van der Waals surface area (Å²) in [4.78, 5) is 16.9. The van der Waals surface area contributed by atoms with E-state index in [1.54, 1.807) is 35.2 Å². The number of anilines is 1. The molecule has 1 aliphatic heterocycles. The molecule has 7 nitrogen and oxygen atoms in total. The molecule has 0 radical (unpaired) electrons. The summed E-state index contributed by atoms with van der Waals surface area (Å²) < 4.78 is 27.9. The predicted octanol–water partition coefficient (Wildman–Crippen LogP) is 3.12. The first-order valence-electron chi connectivity index (χ1n) is 11.0. The topological polar surface area (TPSA) is 93.5 Å². The number of fused-ring (bicyclic) bond motifs is 1. The molecule has 0 unspecified atom stereocenters. The first kappa shape index (κ1) is 22.8. The van der Waals surface area contributed by atoms with Gasteiger partial charge in [-0.15, -0.1) is 0 Å². The lowest BCUT2D eigenvalue weighted by Gasteiger charge is -2.24. The van der Waals surface area contributed by atoms with Gasteiger partial charge in [-0.05, 0) is 53.6 Å². The van der Waals surface area contributed by atoms with Gasteiger partial charge in [-0.25, -0.2) is 13.1 Å². The molecule has 0 aromatic heterocycles. The largest absolute Gasteiger partial charge is 0.370 e. The van der Waals surface area contributed by atoms with Gasteiger partial charge in [0, 0.05) is 44.8 Å². The van der Waals surface area contributed by atoms with Gasteiger partial charge in [-0.1, -0.05) is 30.3 Å². The lowest BCUT2D eigenvalue weighted by atomic mass is 10.1. The van der Waals surface area contributed by atoms with Crippen LogP contribution < -0.4 is 9.62 Å². The van der Waals surface area contributed by atoms with E-state index in [0.717, 1.165) is 29.4 Å². The van der Waals surface area contributed by atoms with Crippen molar-refractivity contribution in [2.75, 3.05) is 37.6 Å². The maximum atomic E-state index is 12.7. The molecule has 0 saturated carbocycles. The van der Waals surface area contributed by atoms with Crippen LogP contribution in [-0.4, -0.2) is 51.9 Å². The van der Waals surface area contributed by atoms with Crippen molar-refractivity contribution in [3.8, 4) is 6.07 Å². The highest BCUT2D eigenvalue weighted by Gasteiger charge is 2.20. The summed E-state index contributed by atoms with van der Waals surface area (Å²) in [6.07, 6.45) is 0.943. The SMILES string of the molecule is N#Cc1ccc(N2CCCN(C(=O)CCNS(=O)(=O)c3ccc4ccccc4c3)CC2)cc1. The second-order valence-electron chi connectivity index (χ2n) is 8.04. The molecule has 0 aliphatic carbocycles. The van der Waals surface area contributed by atoms with Crippen LogP contribution in [0.5, 0.6) is 0 Å². The van der Waals surface area contributed by atoms with E-state index in [1.807, 2.05) is 36.4 Å². The number of nitrogens with one attached hydrogen (secondary N) is 1. The molecule has 170 valence electrons. The molecule has 1 saturated heterocycles. The lowest BCUT2D eigenvalue weighted by molar-refractivity contribution is -0.130. The summed E-state index contributed by atoms with van der Waals surface area (Å²) >= 11 is 0. The van der Waals surface area contributed by atoms with Gasteiger partial charge in [0.05, 0.1) is 16.5 Å². The number of carbonyl (C=O) groups is 1. The van der Waals surface area contributed by atoms with E-state index >= 15 is 0 Å². The van der Waals surface area contributed by atoms with E-state index in [-0.39, 0.29) is 23.8 Å². The maximum Gasteiger partial charge on any atom is 0.240 e. The summed E-state index contributed by atoms with van der Waals surface area (Å²) in [5, 5.41) is 10.8. The molecular weight excluding hydrogens is 436 g/mol. The van der Waals surface area contributed by atoms with Crippen LogP contribution in [0.25, 0.3) is 10.8 Å². The first-order valence-corrected chi connectivity index (χ1v) is 12.5. The second kappa shape index (κ2) is 10.0. The van der Waals surface area contributed by atoms with E-state index in [9.17, 15) is 13.2 Å². The molecule has 4 rings (SSSR count). The van der Waals surface area contributed by atoms with Crippen LogP contribution in [0.3, 0.4) is 0 Å². The Morgan fingerprint density at radius 3 is 2.45 bits per heavy atom. The van der Waals surface area contributed by atoms with Crippen LogP contribution >= 0.6 is 0 Å². The normalized spacial score (nSPS) is 14.6. The van der Waals surface area contributed by atoms with Crippen molar-refractivity contribution in [3.63, 3.8) is 0 Å². The minimum atomic E-state index is -3.69. The van der Waals surface area contributed by atoms with Gasteiger partial charge in [0.1, 0.15) is 0 Å². The molecule has 1 N–H and O–H groups in total. The zero-order valence-corrected chi connectivity index (χ0v) is 19.1. The van der Waals surface area contributed by atoms with E-state index in [2.05, 4.69) is 15.7 Å². The minimum absolute atomic E-state index is 0.0575. The van der Waals surface area contributed by atoms with Crippen molar-refractivity contribution in [2.24, 2.45) is 0 Å². The summed E-state index contributed by atoms with van der Waals surface area (Å²) in [5.74, 6) is -0.0575. The van der Waals surface area contributed by atoms with Crippen molar-refractivity contribution < 1.29 is 13.2 Å². The highest BCUT2D eigenvalue weighted by Crippen LogP contribution is 2.19. The third kappa shape index (κ3) is 5.51. The molecule has 1 aliphatic rings. The van der Waals surface area contributed by atoms with Crippen LogP contribution in [0.15, 0.2) is 71.6 Å². The van der Waals surface area contributed by atoms with Gasteiger partial charge in [0.2, 0.25) is 15.9 Å². The van der Waals surface area contributed by atoms with Gasteiger partial charge >= 0.3 is 0 Å². The number of carbonyl (C=O) groups excluding carboxylic acids is 1. The third-order valence-corrected chi connectivity index (χ3v) is 7.33. The van der Waals surface area contributed by atoms with E-state index < -0.39 is 10.0 Å². The van der Waals surface area contributed by atoms with E-state index in [4.69, 9.17) is 5.26 Å². The standard InChI is InChI=1S/C25H26N4O3S/c26-19-20-6-9-23(10-7-20)28-14-3-15-29(17-16-28)25(30)12-13-27-33(31,32)24-11-8-21-4-1-2-5-22(21)18-24/h1-2,4-11,18,27H,3,12-17H2. The van der Waals surface area contributed by atoms with Gasteiger partial charge in [-0.3, -0.25) is 4.79 Å². The smallest absolute Gasteiger partial charge is 0.240 e. The van der Waals surface area contributed by atoms with Gasteiger partial charge < -0.3 is 9.80 Å². The Balaban J connectivity index is 1.30. The Kier molecular flexibility index (Phi) is 6.92. The first-order chi connectivity index (χ1) is 16.0. The summed E-state index contributed by atoms with van der Waals surface area (Å²) in [6, 6.07) is 22.2. The van der Waals surface area contributed by atoms with Gasteiger partial charge in [0.15, 0.2) is 0 Å². The van der Waals surface area contributed by atoms with E-state index in [1.165, 1.54) is 0 Å². The predicted molar refractivity (Wildman–Crippen MR) is 128 cm³/mol. The fraction of sp³-hybridized carbons (Fsp3) is 0.280. The molecule has 1 amide bonds. The average Bonchev–Trinajstić information content (AvgIpc) is 3.10. The Morgan fingerprint density at radius 2 is 1.70 bits per heavy atom. The van der Waals surface area contributed by atoms with Crippen molar-refractivity contribution in [1.29, 1.82) is 5.26 Å². The van der Waals surface area contributed by atoms with Crippen LogP contribution in [0.2, 0.25) is 0 Å². The molecule has 0 bridgehead atoms. The molecule has 3 aromatic carbocycles. The summed E-state index contributed by atoms with van der Waals surface area (Å²) in [7, 11) is -3.69. The number of hydrogen-bond donors (Lipinski definition) is 1. The van der Waals surface area contributed by atoms with Gasteiger partial charge in [0.25, 0.3) is 0 Å². The number of nitrogens with zero attached hydrogens (tertiary/aromatic N) is 3. The fourth-order valence-electron chi connectivity index (χ4n) is 4.04. The molecule has 0 atom stereocenters. The highest BCUT2D eigenvalue weighted by atomic mass is 32.2. The summed E-state index contributed by atoms with van der Waals surface area (Å²) in [6.45, 7) is 2.80. The van der Waals surface area contributed by atoms with Crippen LogP contribution in [-0.2, 0) is 14.8 Å². The Labute approximate surface area is 194 Å². The molecule has 0 spiro atoms. The van der Waals surface area contributed by atoms with Crippen molar-refractivity contribution >= 4 is 32.4 Å². The highest BCUT2D eigenvalue weighted by molar-refractivity contribution is 7.89. The average molecular weight is 463 g/mol. The van der Waals surface area contributed by atoms with Crippen LogP contribution in [0, 0.1) is 11.3 Å². The van der Waals surface area contributed by atoms with Crippen LogP contribution in [0.1, 0.15) is 18.4 Å². The van der Waals surface area contributed by atoms with Crippen LogP contribution in [0.4, 0.5) is 5.69 Å². The Hall–Kier alpha value is -3.41. The fourth-order valence-corrected chi connectivity index (χ4v) is 5.11. The summed E-state index contributed by atoms with van der Waals surface area (Å²) in [5.41, 5.74) is 1.66. The molecule has 1 heterocycles. The Morgan fingerprint density at radius 1 is 0.939 bits per heavy atom. The molecule has 8 heteroatoms. The number of amides is 1. The molecule has 1 fully saturated rings. The number of sulfonamides is 1. The maximum absolute atomic E-state index is 12.7. The number of benzene rings is 3. The zero-order valence-electron chi connectivity index (χ0n) is 18.3. The molecule has 33 heavy (non-hydrogen) atoms. The number of nitriles is 1. The number of hydrogen-bond acceptors (Lipinski definition) is 5. The van der Waals surface area contributed by atoms with Crippen molar-refractivity contribution in [3.05, 3.63) is 72.3 Å². The van der Waals surface area contributed by atoms with Crippen molar-refractivity contribution in [2.45, 2.75) is 17.7 Å². The number of rotatable bonds is 6. The molecular formula is C25H26N4O3S. The minimum Gasteiger partial charge on any atom is -0.370 e. The van der Waals surface area contributed by atoms with Gasteiger partial charge in [-0.2, -0.15) is 5.26 Å². The van der Waals surface area contributed by atoms with E-state index in [0.29, 0.717) is 25.2 Å². The molecule has 3 aromatic rings.